The highest BCUT2D eigenvalue weighted by Gasteiger charge is 1.95. The molecule has 1 atom stereocenters. The van der Waals surface area contributed by atoms with Gasteiger partial charge in [-0.3, -0.25) is 0 Å². The van der Waals surface area contributed by atoms with Crippen LogP contribution in [0.3, 0.4) is 0 Å². The topological polar surface area (TPSA) is 0 Å². The molecular formula is C11H22. The second kappa shape index (κ2) is 6.45. The molecular weight excluding hydrogens is 132 g/mol. The van der Waals surface area contributed by atoms with Gasteiger partial charge >= 0.3 is 0 Å². The molecule has 66 valence electrons. The van der Waals surface area contributed by atoms with Gasteiger partial charge in [-0.05, 0) is 25.7 Å². The molecule has 0 bridgehead atoms. The SMILES string of the molecule is CCCC(C)=CC(C)CCC. The predicted octanol–water partition coefficient (Wildman–Crippen LogP) is 4.17. The maximum atomic E-state index is 2.42. The number of hydrogen-bond donors (Lipinski definition) is 0. The van der Waals surface area contributed by atoms with Crippen molar-refractivity contribution in [2.24, 2.45) is 5.92 Å². The molecule has 0 rings (SSSR count). The molecule has 0 spiro atoms. The van der Waals surface area contributed by atoms with Gasteiger partial charge in [0.25, 0.3) is 0 Å². The van der Waals surface area contributed by atoms with Crippen molar-refractivity contribution in [3.63, 3.8) is 0 Å². The Morgan fingerprint density at radius 2 is 1.91 bits per heavy atom. The highest BCUT2D eigenvalue weighted by molar-refractivity contribution is 4.99. The van der Waals surface area contributed by atoms with Gasteiger partial charge in [-0.25, -0.2) is 0 Å². The zero-order valence-electron chi connectivity index (χ0n) is 8.48. The van der Waals surface area contributed by atoms with Crippen molar-refractivity contribution in [1.29, 1.82) is 0 Å². The minimum Gasteiger partial charge on any atom is -0.0828 e. The molecule has 11 heavy (non-hydrogen) atoms. The van der Waals surface area contributed by atoms with E-state index in [-0.39, 0.29) is 0 Å². The highest BCUT2D eigenvalue weighted by Crippen LogP contribution is 2.12. The summed E-state index contributed by atoms with van der Waals surface area (Å²) in [6.07, 6.45) is 7.61. The summed E-state index contributed by atoms with van der Waals surface area (Å²) in [6, 6.07) is 0. The molecule has 1 unspecified atom stereocenters. The van der Waals surface area contributed by atoms with Crippen molar-refractivity contribution in [3.05, 3.63) is 11.6 Å². The van der Waals surface area contributed by atoms with E-state index in [2.05, 4.69) is 33.8 Å². The van der Waals surface area contributed by atoms with E-state index in [0.717, 1.165) is 5.92 Å². The standard InChI is InChI=1S/C11H22/c1-5-7-10(3)9-11(4)8-6-2/h9-10H,5-8H2,1-4H3. The Labute approximate surface area is 71.7 Å². The van der Waals surface area contributed by atoms with Gasteiger partial charge in [-0.2, -0.15) is 0 Å². The average Bonchev–Trinajstić information content (AvgIpc) is 1.87. The fraction of sp³-hybridized carbons (Fsp3) is 0.818. The first-order valence-corrected chi connectivity index (χ1v) is 4.88. The highest BCUT2D eigenvalue weighted by atomic mass is 14.0. The lowest BCUT2D eigenvalue weighted by Crippen LogP contribution is -1.89. The quantitative estimate of drug-likeness (QED) is 0.521. The van der Waals surface area contributed by atoms with Crippen LogP contribution < -0.4 is 0 Å². The first kappa shape index (κ1) is 10.7. The molecule has 0 heterocycles. The molecule has 0 aromatic heterocycles. The second-order valence-electron chi connectivity index (χ2n) is 3.53. The smallest absolute Gasteiger partial charge is 0.0259 e. The third-order valence-electron chi connectivity index (χ3n) is 1.96. The van der Waals surface area contributed by atoms with Crippen LogP contribution in [-0.2, 0) is 0 Å². The molecule has 0 aromatic carbocycles. The lowest BCUT2D eigenvalue weighted by atomic mass is 10.0. The summed E-state index contributed by atoms with van der Waals surface area (Å²) >= 11 is 0. The van der Waals surface area contributed by atoms with E-state index in [1.54, 1.807) is 5.57 Å². The molecule has 0 aliphatic heterocycles. The second-order valence-corrected chi connectivity index (χ2v) is 3.53. The Bertz CT molecular complexity index is 111. The van der Waals surface area contributed by atoms with Gasteiger partial charge in [-0.1, -0.05) is 45.3 Å². The minimum absolute atomic E-state index is 0.784. The first-order valence-electron chi connectivity index (χ1n) is 4.88. The van der Waals surface area contributed by atoms with E-state index in [1.807, 2.05) is 0 Å². The molecule has 0 saturated heterocycles. The van der Waals surface area contributed by atoms with Crippen LogP contribution in [0.2, 0.25) is 0 Å². The molecule has 0 N–H and O–H groups in total. The Morgan fingerprint density at radius 3 is 2.36 bits per heavy atom. The van der Waals surface area contributed by atoms with Crippen LogP contribution in [0, 0.1) is 5.92 Å². The zero-order valence-corrected chi connectivity index (χ0v) is 8.48. The van der Waals surface area contributed by atoms with E-state index in [1.165, 1.54) is 25.7 Å². The van der Waals surface area contributed by atoms with Gasteiger partial charge in [-0.15, -0.1) is 0 Å². The summed E-state index contributed by atoms with van der Waals surface area (Å²) in [7, 11) is 0. The number of allylic oxidation sites excluding steroid dienone is 2. The Morgan fingerprint density at radius 1 is 1.27 bits per heavy atom. The molecule has 0 saturated carbocycles. The Kier molecular flexibility index (Phi) is 6.30. The average molecular weight is 154 g/mol. The normalized spacial score (nSPS) is 15.1. The molecule has 0 aromatic rings. The van der Waals surface area contributed by atoms with E-state index in [9.17, 15) is 0 Å². The maximum Gasteiger partial charge on any atom is -0.0259 e. The van der Waals surface area contributed by atoms with Gasteiger partial charge < -0.3 is 0 Å². The summed E-state index contributed by atoms with van der Waals surface area (Å²) in [6.45, 7) is 9.04. The Balaban J connectivity index is 3.66. The lowest BCUT2D eigenvalue weighted by Gasteiger charge is -2.05. The fourth-order valence-electron chi connectivity index (χ4n) is 1.50. The van der Waals surface area contributed by atoms with Crippen LogP contribution in [0.4, 0.5) is 0 Å². The molecule has 0 radical (unpaired) electrons. The van der Waals surface area contributed by atoms with Crippen molar-refractivity contribution < 1.29 is 0 Å². The predicted molar refractivity (Wildman–Crippen MR) is 52.7 cm³/mol. The van der Waals surface area contributed by atoms with Crippen LogP contribution in [0.25, 0.3) is 0 Å². The van der Waals surface area contributed by atoms with Crippen molar-refractivity contribution in [1.82, 2.24) is 0 Å². The molecule has 0 amide bonds. The van der Waals surface area contributed by atoms with Crippen LogP contribution in [0.5, 0.6) is 0 Å². The number of rotatable bonds is 5. The van der Waals surface area contributed by atoms with Crippen molar-refractivity contribution >= 4 is 0 Å². The van der Waals surface area contributed by atoms with Gasteiger partial charge in [0.1, 0.15) is 0 Å². The van der Waals surface area contributed by atoms with E-state index in [0.29, 0.717) is 0 Å². The van der Waals surface area contributed by atoms with Crippen LogP contribution >= 0.6 is 0 Å². The third-order valence-corrected chi connectivity index (χ3v) is 1.96. The summed E-state index contributed by atoms with van der Waals surface area (Å²) in [5.74, 6) is 0.784. The van der Waals surface area contributed by atoms with Crippen LogP contribution in [0.15, 0.2) is 11.6 Å². The van der Waals surface area contributed by atoms with Gasteiger partial charge in [0.15, 0.2) is 0 Å². The van der Waals surface area contributed by atoms with Gasteiger partial charge in [0, 0.05) is 0 Å². The van der Waals surface area contributed by atoms with E-state index in [4.69, 9.17) is 0 Å². The fourth-order valence-corrected chi connectivity index (χ4v) is 1.50. The minimum atomic E-state index is 0.784. The molecule has 0 fully saturated rings. The monoisotopic (exact) mass is 154 g/mol. The van der Waals surface area contributed by atoms with Crippen LogP contribution in [-0.4, -0.2) is 0 Å². The summed E-state index contributed by atoms with van der Waals surface area (Å²) < 4.78 is 0. The van der Waals surface area contributed by atoms with Crippen molar-refractivity contribution in [3.8, 4) is 0 Å². The largest absolute Gasteiger partial charge is 0.0828 e. The maximum absolute atomic E-state index is 2.42. The van der Waals surface area contributed by atoms with Crippen molar-refractivity contribution in [2.45, 2.75) is 53.4 Å². The first-order chi connectivity index (χ1) is 5.20. The van der Waals surface area contributed by atoms with E-state index < -0.39 is 0 Å². The molecule has 0 nitrogen and oxygen atoms in total. The van der Waals surface area contributed by atoms with E-state index >= 15 is 0 Å². The summed E-state index contributed by atoms with van der Waals surface area (Å²) in [5.41, 5.74) is 1.56. The van der Waals surface area contributed by atoms with Crippen LogP contribution in [0.1, 0.15) is 53.4 Å². The third kappa shape index (κ3) is 6.15. The molecule has 0 aliphatic carbocycles. The van der Waals surface area contributed by atoms with Crippen molar-refractivity contribution in [2.75, 3.05) is 0 Å². The molecule has 0 aliphatic rings. The lowest BCUT2D eigenvalue weighted by molar-refractivity contribution is 0.627. The van der Waals surface area contributed by atoms with Gasteiger partial charge in [0.2, 0.25) is 0 Å². The summed E-state index contributed by atoms with van der Waals surface area (Å²) in [5, 5.41) is 0. The Hall–Kier alpha value is -0.260. The van der Waals surface area contributed by atoms with Gasteiger partial charge in [0.05, 0.1) is 0 Å². The molecule has 0 heteroatoms. The number of hydrogen-bond acceptors (Lipinski definition) is 0. The summed E-state index contributed by atoms with van der Waals surface area (Å²) in [4.78, 5) is 0. The zero-order chi connectivity index (χ0) is 8.69.